The summed E-state index contributed by atoms with van der Waals surface area (Å²) in [6, 6.07) is 13.8. The largest absolute Gasteiger partial charge is 0.377 e. The fraction of sp³-hybridized carbons (Fsp3) is 0.235. The molecular weight excluding hydrogens is 312 g/mol. The second-order valence-electron chi connectivity index (χ2n) is 5.41. The van der Waals surface area contributed by atoms with Crippen molar-refractivity contribution in [3.63, 3.8) is 0 Å². The molecule has 6 heteroatoms. The van der Waals surface area contributed by atoms with E-state index in [0.717, 1.165) is 15.6 Å². The van der Waals surface area contributed by atoms with Gasteiger partial charge in [0.25, 0.3) is 0 Å². The minimum absolute atomic E-state index is 0.107. The number of hydrogen-bond acceptors (Lipinski definition) is 4. The molecule has 5 nitrogen and oxygen atoms in total. The maximum Gasteiger partial charge on any atom is 0.242 e. The van der Waals surface area contributed by atoms with Gasteiger partial charge in [-0.05, 0) is 30.7 Å². The van der Waals surface area contributed by atoms with Crippen molar-refractivity contribution in [2.45, 2.75) is 11.8 Å². The number of hydrogen-bond donors (Lipinski definition) is 1. The van der Waals surface area contributed by atoms with Gasteiger partial charge in [0.2, 0.25) is 10.0 Å². The lowest BCUT2D eigenvalue weighted by Crippen LogP contribution is -2.22. The summed E-state index contributed by atoms with van der Waals surface area (Å²) in [5.74, 6) is -0.163. The molecule has 0 aliphatic carbocycles. The molecule has 0 bridgehead atoms. The van der Waals surface area contributed by atoms with Crippen molar-refractivity contribution in [2.24, 2.45) is 0 Å². The highest BCUT2D eigenvalue weighted by molar-refractivity contribution is 7.89. The predicted molar refractivity (Wildman–Crippen MR) is 91.3 cm³/mol. The number of rotatable bonds is 6. The summed E-state index contributed by atoms with van der Waals surface area (Å²) < 4.78 is 25.4. The third kappa shape index (κ3) is 3.97. The molecule has 1 N–H and O–H groups in total. The molecule has 0 saturated heterocycles. The van der Waals surface area contributed by atoms with Crippen molar-refractivity contribution < 1.29 is 13.2 Å². The molecule has 0 aliphatic heterocycles. The molecule has 122 valence electrons. The first-order valence-electron chi connectivity index (χ1n) is 7.17. The number of benzene rings is 2. The Kier molecular flexibility index (Phi) is 5.18. The molecule has 0 radical (unpaired) electrons. The van der Waals surface area contributed by atoms with Gasteiger partial charge in [-0.3, -0.25) is 4.79 Å². The Morgan fingerprint density at radius 1 is 1.09 bits per heavy atom. The highest BCUT2D eigenvalue weighted by Crippen LogP contribution is 2.16. The van der Waals surface area contributed by atoms with Crippen LogP contribution >= 0.6 is 0 Å². The normalized spacial score (nSPS) is 11.5. The van der Waals surface area contributed by atoms with Gasteiger partial charge in [-0.2, -0.15) is 0 Å². The summed E-state index contributed by atoms with van der Waals surface area (Å²) in [6.45, 7) is 2.06. The van der Waals surface area contributed by atoms with E-state index in [9.17, 15) is 13.2 Å². The first-order valence-corrected chi connectivity index (χ1v) is 8.61. The average molecular weight is 332 g/mol. The number of anilines is 1. The Morgan fingerprint density at radius 3 is 2.43 bits per heavy atom. The number of Topliss-reactive ketones (excluding diaryl/α,β-unsaturated/α-hetero) is 1. The Hall–Kier alpha value is -2.18. The molecule has 0 aromatic heterocycles. The van der Waals surface area contributed by atoms with Crippen LogP contribution in [0.4, 0.5) is 5.69 Å². The van der Waals surface area contributed by atoms with Crippen LogP contribution in [0.3, 0.4) is 0 Å². The Labute approximate surface area is 137 Å². The van der Waals surface area contributed by atoms with Gasteiger partial charge < -0.3 is 5.32 Å². The van der Waals surface area contributed by atoms with Gasteiger partial charge >= 0.3 is 0 Å². The molecule has 2 rings (SSSR count). The van der Waals surface area contributed by atoms with E-state index in [1.54, 1.807) is 12.1 Å². The summed E-state index contributed by atoms with van der Waals surface area (Å²) in [4.78, 5) is 12.4. The van der Waals surface area contributed by atoms with Crippen LogP contribution in [-0.2, 0) is 10.0 Å². The maximum atomic E-state index is 12.3. The molecular formula is C17H20N2O3S. The zero-order valence-electron chi connectivity index (χ0n) is 13.4. The van der Waals surface area contributed by atoms with Crippen molar-refractivity contribution in [3.05, 3.63) is 59.7 Å². The minimum Gasteiger partial charge on any atom is -0.377 e. The second kappa shape index (κ2) is 6.93. The minimum atomic E-state index is -3.55. The first kappa shape index (κ1) is 17.2. The van der Waals surface area contributed by atoms with Crippen LogP contribution in [0.5, 0.6) is 0 Å². The van der Waals surface area contributed by atoms with E-state index < -0.39 is 10.0 Å². The highest BCUT2D eigenvalue weighted by atomic mass is 32.2. The smallest absolute Gasteiger partial charge is 0.242 e. The summed E-state index contributed by atoms with van der Waals surface area (Å²) in [6.07, 6.45) is 0. The molecule has 0 spiro atoms. The lowest BCUT2D eigenvalue weighted by Gasteiger charge is -2.12. The third-order valence-corrected chi connectivity index (χ3v) is 5.33. The van der Waals surface area contributed by atoms with Crippen molar-refractivity contribution in [3.8, 4) is 0 Å². The fourth-order valence-corrected chi connectivity index (χ4v) is 3.04. The lowest BCUT2D eigenvalue weighted by molar-refractivity contribution is 0.101. The molecule has 0 unspecified atom stereocenters. The van der Waals surface area contributed by atoms with Gasteiger partial charge in [0.1, 0.15) is 0 Å². The van der Waals surface area contributed by atoms with Crippen LogP contribution in [0.2, 0.25) is 0 Å². The van der Waals surface area contributed by atoms with E-state index >= 15 is 0 Å². The number of sulfonamides is 1. The molecule has 2 aromatic rings. The van der Waals surface area contributed by atoms with Gasteiger partial charge in [-0.1, -0.05) is 30.3 Å². The van der Waals surface area contributed by atoms with E-state index in [1.165, 1.54) is 26.2 Å². The Morgan fingerprint density at radius 2 is 1.78 bits per heavy atom. The van der Waals surface area contributed by atoms with Gasteiger partial charge in [0.15, 0.2) is 5.78 Å². The molecule has 23 heavy (non-hydrogen) atoms. The number of para-hydroxylation sites is 1. The summed E-state index contributed by atoms with van der Waals surface area (Å²) in [7, 11) is -0.622. The molecule has 0 amide bonds. The fourth-order valence-electron chi connectivity index (χ4n) is 2.09. The third-order valence-electron chi connectivity index (χ3n) is 3.52. The first-order chi connectivity index (χ1) is 10.8. The van der Waals surface area contributed by atoms with Crippen molar-refractivity contribution in [2.75, 3.05) is 26.0 Å². The van der Waals surface area contributed by atoms with Crippen LogP contribution in [0, 0.1) is 6.92 Å². The number of aryl methyl sites for hydroxylation is 1. The Bertz CT molecular complexity index is 814. The zero-order chi connectivity index (χ0) is 17.0. The summed E-state index contributed by atoms with van der Waals surface area (Å²) >= 11 is 0. The summed E-state index contributed by atoms with van der Waals surface area (Å²) in [5, 5.41) is 3.08. The van der Waals surface area contributed by atoms with Crippen LogP contribution in [0.15, 0.2) is 53.4 Å². The van der Waals surface area contributed by atoms with E-state index in [2.05, 4.69) is 5.32 Å². The molecule has 0 heterocycles. The number of nitrogens with zero attached hydrogens (tertiary/aromatic N) is 1. The van der Waals surface area contributed by atoms with E-state index in [0.29, 0.717) is 5.56 Å². The number of carbonyl (C=O) groups is 1. The maximum absolute atomic E-state index is 12.3. The molecule has 0 saturated carbocycles. The topological polar surface area (TPSA) is 66.5 Å². The second-order valence-corrected chi connectivity index (χ2v) is 7.56. The average Bonchev–Trinajstić information content (AvgIpc) is 2.53. The van der Waals surface area contributed by atoms with Crippen molar-refractivity contribution in [1.82, 2.24) is 4.31 Å². The standard InChI is InChI=1S/C17H20N2O3S/c1-13-7-4-5-10-16(13)18-12-17(20)14-8-6-9-15(11-14)23(21,22)19(2)3/h4-11,18H,12H2,1-3H3. The van der Waals surface area contributed by atoms with E-state index in [1.807, 2.05) is 31.2 Å². The number of carbonyl (C=O) groups excluding carboxylic acids is 1. The number of nitrogens with one attached hydrogen (secondary N) is 1. The monoisotopic (exact) mass is 332 g/mol. The van der Waals surface area contributed by atoms with Gasteiger partial charge in [0.05, 0.1) is 11.4 Å². The van der Waals surface area contributed by atoms with E-state index in [-0.39, 0.29) is 17.2 Å². The van der Waals surface area contributed by atoms with Crippen LogP contribution in [-0.4, -0.2) is 39.1 Å². The summed E-state index contributed by atoms with van der Waals surface area (Å²) in [5.41, 5.74) is 2.30. The highest BCUT2D eigenvalue weighted by Gasteiger charge is 2.18. The molecule has 0 atom stereocenters. The van der Waals surface area contributed by atoms with Crippen LogP contribution in [0.25, 0.3) is 0 Å². The van der Waals surface area contributed by atoms with E-state index in [4.69, 9.17) is 0 Å². The van der Waals surface area contributed by atoms with Gasteiger partial charge in [-0.15, -0.1) is 0 Å². The van der Waals surface area contributed by atoms with Crippen LogP contribution < -0.4 is 5.32 Å². The molecule has 2 aromatic carbocycles. The molecule has 0 aliphatic rings. The van der Waals surface area contributed by atoms with Gasteiger partial charge in [0, 0.05) is 25.3 Å². The van der Waals surface area contributed by atoms with Crippen LogP contribution in [0.1, 0.15) is 15.9 Å². The van der Waals surface area contributed by atoms with Crippen molar-refractivity contribution >= 4 is 21.5 Å². The lowest BCUT2D eigenvalue weighted by atomic mass is 10.1. The zero-order valence-corrected chi connectivity index (χ0v) is 14.2. The Balaban J connectivity index is 2.16. The van der Waals surface area contributed by atoms with Gasteiger partial charge in [-0.25, -0.2) is 12.7 Å². The quantitative estimate of drug-likeness (QED) is 0.826. The van der Waals surface area contributed by atoms with Crippen molar-refractivity contribution in [1.29, 1.82) is 0 Å². The SMILES string of the molecule is Cc1ccccc1NCC(=O)c1cccc(S(=O)(=O)N(C)C)c1. The number of ketones is 1. The molecule has 0 fully saturated rings. The predicted octanol–water partition coefficient (Wildman–Crippen LogP) is 2.54.